The normalized spacial score (nSPS) is 10.9. The molecule has 0 aromatic heterocycles. The van der Waals surface area contributed by atoms with E-state index in [1.165, 1.54) is 0 Å². The van der Waals surface area contributed by atoms with E-state index in [0.717, 1.165) is 9.26 Å². The number of ether oxygens (including phenoxy) is 1. The van der Waals surface area contributed by atoms with E-state index in [0.29, 0.717) is 0 Å². The van der Waals surface area contributed by atoms with Crippen molar-refractivity contribution in [3.8, 4) is 0 Å². The highest BCUT2D eigenvalue weighted by atomic mass is 127. The quantitative estimate of drug-likeness (QED) is 0.649. The molecule has 5 heteroatoms. The van der Waals surface area contributed by atoms with Crippen molar-refractivity contribution >= 4 is 40.2 Å². The molecule has 1 rings (SSSR count). The average molecular weight is 375 g/mol. The Morgan fingerprint density at radius 2 is 1.84 bits per heavy atom. The lowest BCUT2D eigenvalue weighted by atomic mass is 10.2. The fourth-order valence-electron chi connectivity index (χ4n) is 1.38. The van der Waals surface area contributed by atoms with Crippen LogP contribution in [0.5, 0.6) is 0 Å². The largest absolute Gasteiger partial charge is 0.460 e. The summed E-state index contributed by atoms with van der Waals surface area (Å²) in [7, 11) is 0. The molecule has 1 aromatic carbocycles. The van der Waals surface area contributed by atoms with Gasteiger partial charge in [-0.3, -0.25) is 9.59 Å². The van der Waals surface area contributed by atoms with Gasteiger partial charge >= 0.3 is 5.97 Å². The highest BCUT2D eigenvalue weighted by Crippen LogP contribution is 2.17. The Bertz CT molecular complexity index is 466. The van der Waals surface area contributed by atoms with Gasteiger partial charge in [0.1, 0.15) is 5.60 Å². The van der Waals surface area contributed by atoms with Gasteiger partial charge in [0.05, 0.1) is 12.1 Å². The highest BCUT2D eigenvalue weighted by Gasteiger charge is 2.17. The van der Waals surface area contributed by atoms with Gasteiger partial charge in [-0.15, -0.1) is 0 Å². The van der Waals surface area contributed by atoms with Crippen LogP contribution < -0.4 is 5.32 Å². The molecular weight excluding hydrogens is 357 g/mol. The second-order valence-corrected chi connectivity index (χ2v) is 6.28. The Kier molecular flexibility index (Phi) is 5.78. The first-order valence-electron chi connectivity index (χ1n) is 6.04. The summed E-state index contributed by atoms with van der Waals surface area (Å²) in [6.07, 6.45) is 0.215. The Morgan fingerprint density at radius 1 is 1.21 bits per heavy atom. The molecule has 0 unspecified atom stereocenters. The van der Waals surface area contributed by atoms with Crippen molar-refractivity contribution < 1.29 is 14.3 Å². The van der Waals surface area contributed by atoms with E-state index in [9.17, 15) is 9.59 Å². The van der Waals surface area contributed by atoms with E-state index >= 15 is 0 Å². The molecule has 0 saturated carbocycles. The first kappa shape index (κ1) is 15.9. The fraction of sp³-hybridized carbons (Fsp3) is 0.429. The van der Waals surface area contributed by atoms with Crippen LogP contribution in [0, 0.1) is 3.57 Å². The van der Waals surface area contributed by atoms with Crippen LogP contribution in [-0.4, -0.2) is 17.5 Å². The summed E-state index contributed by atoms with van der Waals surface area (Å²) in [5.74, 6) is -0.541. The molecule has 0 spiro atoms. The average Bonchev–Trinajstić information content (AvgIpc) is 2.27. The number of hydrogen-bond acceptors (Lipinski definition) is 3. The van der Waals surface area contributed by atoms with E-state index in [2.05, 4.69) is 27.9 Å². The smallest absolute Gasteiger partial charge is 0.306 e. The summed E-state index contributed by atoms with van der Waals surface area (Å²) in [6.45, 7) is 5.41. The molecule has 0 bridgehead atoms. The number of benzene rings is 1. The molecule has 0 fully saturated rings. The maximum atomic E-state index is 11.7. The maximum Gasteiger partial charge on any atom is 0.306 e. The van der Waals surface area contributed by atoms with Gasteiger partial charge in [-0.2, -0.15) is 0 Å². The lowest BCUT2D eigenvalue weighted by molar-refractivity contribution is -0.155. The number of halogens is 1. The van der Waals surface area contributed by atoms with Crippen molar-refractivity contribution in [2.45, 2.75) is 39.2 Å². The van der Waals surface area contributed by atoms with E-state index in [-0.39, 0.29) is 24.7 Å². The molecule has 0 aliphatic carbocycles. The molecule has 0 saturated heterocycles. The third-order valence-electron chi connectivity index (χ3n) is 2.12. The fourth-order valence-corrected chi connectivity index (χ4v) is 1.91. The molecule has 0 heterocycles. The number of hydrogen-bond donors (Lipinski definition) is 1. The number of para-hydroxylation sites is 1. The lowest BCUT2D eigenvalue weighted by Crippen LogP contribution is -2.24. The predicted molar refractivity (Wildman–Crippen MR) is 82.9 cm³/mol. The molecule has 4 nitrogen and oxygen atoms in total. The second kappa shape index (κ2) is 6.88. The van der Waals surface area contributed by atoms with Crippen molar-refractivity contribution in [1.29, 1.82) is 0 Å². The summed E-state index contributed by atoms with van der Waals surface area (Å²) in [5.41, 5.74) is 0.250. The van der Waals surface area contributed by atoms with Gasteiger partial charge in [0.15, 0.2) is 0 Å². The zero-order valence-electron chi connectivity index (χ0n) is 11.3. The molecule has 0 atom stereocenters. The van der Waals surface area contributed by atoms with Gasteiger partial charge in [-0.25, -0.2) is 0 Å². The van der Waals surface area contributed by atoms with Crippen molar-refractivity contribution in [2.24, 2.45) is 0 Å². The highest BCUT2D eigenvalue weighted by molar-refractivity contribution is 14.1. The Morgan fingerprint density at radius 3 is 2.42 bits per heavy atom. The Hall–Kier alpha value is -1.11. The molecule has 1 amide bonds. The zero-order chi connectivity index (χ0) is 14.5. The van der Waals surface area contributed by atoms with Gasteiger partial charge < -0.3 is 10.1 Å². The van der Waals surface area contributed by atoms with Crippen LogP contribution >= 0.6 is 22.6 Å². The summed E-state index contributed by atoms with van der Waals surface area (Å²) in [4.78, 5) is 23.2. The van der Waals surface area contributed by atoms with Crippen LogP contribution in [0.4, 0.5) is 5.69 Å². The van der Waals surface area contributed by atoms with Gasteiger partial charge in [0, 0.05) is 9.99 Å². The summed E-state index contributed by atoms with van der Waals surface area (Å²) in [6, 6.07) is 7.49. The van der Waals surface area contributed by atoms with E-state index in [4.69, 9.17) is 4.74 Å². The summed E-state index contributed by atoms with van der Waals surface area (Å²) in [5, 5.41) is 2.77. The minimum atomic E-state index is -0.512. The minimum Gasteiger partial charge on any atom is -0.460 e. The van der Waals surface area contributed by atoms with Gasteiger partial charge in [-0.1, -0.05) is 12.1 Å². The Labute approximate surface area is 127 Å². The van der Waals surface area contributed by atoms with Gasteiger partial charge in [-0.05, 0) is 55.5 Å². The lowest BCUT2D eigenvalue weighted by Gasteiger charge is -2.19. The second-order valence-electron chi connectivity index (χ2n) is 5.11. The number of nitrogens with one attached hydrogen (secondary N) is 1. The van der Waals surface area contributed by atoms with Crippen LogP contribution in [0.3, 0.4) is 0 Å². The Balaban J connectivity index is 2.41. The number of anilines is 1. The van der Waals surface area contributed by atoms with Crippen LogP contribution in [0.15, 0.2) is 24.3 Å². The van der Waals surface area contributed by atoms with Crippen LogP contribution in [-0.2, 0) is 14.3 Å². The third kappa shape index (κ3) is 6.56. The van der Waals surface area contributed by atoms with E-state index < -0.39 is 5.60 Å². The first-order chi connectivity index (χ1) is 8.78. The molecule has 1 N–H and O–H groups in total. The number of carbonyl (C=O) groups excluding carboxylic acids is 2. The molecule has 19 heavy (non-hydrogen) atoms. The molecular formula is C14H18INO3. The number of rotatable bonds is 4. The number of esters is 1. The van der Waals surface area contributed by atoms with Gasteiger partial charge in [0.2, 0.25) is 5.91 Å². The molecule has 1 aromatic rings. The van der Waals surface area contributed by atoms with Crippen LogP contribution in [0.2, 0.25) is 0 Å². The molecule has 0 radical (unpaired) electrons. The standard InChI is InChI=1S/C14H18INO3/c1-14(2,3)19-13(18)9-8-12(17)16-11-7-5-4-6-10(11)15/h4-7H,8-9H2,1-3H3,(H,16,17). The topological polar surface area (TPSA) is 55.4 Å². The SMILES string of the molecule is CC(C)(C)OC(=O)CCC(=O)Nc1ccccc1I. The predicted octanol–water partition coefficient (Wildman–Crippen LogP) is 3.35. The summed E-state index contributed by atoms with van der Waals surface area (Å²) < 4.78 is 6.11. The minimum absolute atomic E-state index is 0.0898. The number of carbonyl (C=O) groups is 2. The zero-order valence-corrected chi connectivity index (χ0v) is 13.5. The number of amides is 1. The van der Waals surface area contributed by atoms with Crippen molar-refractivity contribution in [3.05, 3.63) is 27.8 Å². The maximum absolute atomic E-state index is 11.7. The van der Waals surface area contributed by atoms with E-state index in [1.807, 2.05) is 24.3 Å². The first-order valence-corrected chi connectivity index (χ1v) is 7.12. The molecule has 0 aliphatic rings. The third-order valence-corrected chi connectivity index (χ3v) is 3.06. The summed E-state index contributed by atoms with van der Waals surface area (Å²) >= 11 is 2.15. The van der Waals surface area contributed by atoms with Gasteiger partial charge in [0.25, 0.3) is 0 Å². The van der Waals surface area contributed by atoms with E-state index in [1.54, 1.807) is 20.8 Å². The van der Waals surface area contributed by atoms with Crippen LogP contribution in [0.25, 0.3) is 0 Å². The van der Waals surface area contributed by atoms with Crippen molar-refractivity contribution in [1.82, 2.24) is 0 Å². The van der Waals surface area contributed by atoms with Crippen LogP contribution in [0.1, 0.15) is 33.6 Å². The van der Waals surface area contributed by atoms with Crippen molar-refractivity contribution in [3.63, 3.8) is 0 Å². The molecule has 104 valence electrons. The molecule has 0 aliphatic heterocycles. The van der Waals surface area contributed by atoms with Crippen molar-refractivity contribution in [2.75, 3.05) is 5.32 Å². The monoisotopic (exact) mass is 375 g/mol.